The van der Waals surface area contributed by atoms with Gasteiger partial charge < -0.3 is 19.3 Å². The number of aryl methyl sites for hydroxylation is 1. The molecule has 0 spiro atoms. The highest BCUT2D eigenvalue weighted by Crippen LogP contribution is 2.25. The summed E-state index contributed by atoms with van der Waals surface area (Å²) < 4.78 is 5.81. The summed E-state index contributed by atoms with van der Waals surface area (Å²) in [7, 11) is 2.11. The second-order valence-electron chi connectivity index (χ2n) is 7.29. The van der Waals surface area contributed by atoms with Crippen molar-refractivity contribution >= 4 is 16.9 Å². The molecule has 1 amide bonds. The van der Waals surface area contributed by atoms with Gasteiger partial charge in [0, 0.05) is 44.7 Å². The van der Waals surface area contributed by atoms with Gasteiger partial charge in [-0.15, -0.1) is 0 Å². The fourth-order valence-corrected chi connectivity index (χ4v) is 3.92. The third-order valence-corrected chi connectivity index (χ3v) is 5.50. The number of carbonyl (C=O) groups excluding carboxylic acids is 1. The van der Waals surface area contributed by atoms with E-state index in [1.165, 1.54) is 0 Å². The van der Waals surface area contributed by atoms with E-state index in [1.807, 2.05) is 25.1 Å². The molecule has 0 unspecified atom stereocenters. The zero-order valence-corrected chi connectivity index (χ0v) is 14.8. The van der Waals surface area contributed by atoms with E-state index < -0.39 is 6.10 Å². The van der Waals surface area contributed by atoms with Crippen LogP contribution in [0, 0.1) is 6.92 Å². The van der Waals surface area contributed by atoms with E-state index in [4.69, 9.17) is 4.42 Å². The van der Waals surface area contributed by atoms with Gasteiger partial charge in [0.15, 0.2) is 5.76 Å². The lowest BCUT2D eigenvalue weighted by Crippen LogP contribution is -2.52. The van der Waals surface area contributed by atoms with Crippen molar-refractivity contribution in [3.05, 3.63) is 35.6 Å². The molecule has 1 aromatic carbocycles. The average molecular weight is 343 g/mol. The van der Waals surface area contributed by atoms with Crippen LogP contribution in [-0.4, -0.2) is 84.2 Å². The summed E-state index contributed by atoms with van der Waals surface area (Å²) in [6.07, 6.45) is -0.501. The maximum Gasteiger partial charge on any atom is 0.289 e. The van der Waals surface area contributed by atoms with Gasteiger partial charge in [-0.1, -0.05) is 18.2 Å². The van der Waals surface area contributed by atoms with Crippen LogP contribution in [0.1, 0.15) is 16.1 Å². The molecule has 2 saturated heterocycles. The molecule has 4 rings (SSSR count). The first-order valence-electron chi connectivity index (χ1n) is 8.92. The summed E-state index contributed by atoms with van der Waals surface area (Å²) in [5.74, 6) is 0.224. The Bertz CT molecular complexity index is 779. The minimum Gasteiger partial charge on any atom is -0.451 e. The van der Waals surface area contributed by atoms with Crippen molar-refractivity contribution in [2.45, 2.75) is 19.1 Å². The molecule has 2 fully saturated rings. The molecule has 25 heavy (non-hydrogen) atoms. The summed E-state index contributed by atoms with van der Waals surface area (Å²) in [6, 6.07) is 7.71. The molecule has 1 N–H and O–H groups in total. The summed E-state index contributed by atoms with van der Waals surface area (Å²) in [5, 5.41) is 11.4. The van der Waals surface area contributed by atoms with Gasteiger partial charge >= 0.3 is 0 Å². The molecule has 0 aliphatic carbocycles. The SMILES string of the molecule is Cc1cccc2cc(C(=O)N3C[C@H](O)[C@@H](N4CCN(C)CC4)C3)oc12. The standard InChI is InChI=1S/C19H25N3O3/c1-13-4-3-5-14-10-17(25-18(13)14)19(24)22-11-15(16(23)12-22)21-8-6-20(2)7-9-21/h3-5,10,15-16,23H,6-9,11-12H2,1-2H3/t15-,16-/m0/s1. The van der Waals surface area contributed by atoms with Gasteiger partial charge in [-0.05, 0) is 25.6 Å². The molecule has 134 valence electrons. The quantitative estimate of drug-likeness (QED) is 0.887. The predicted molar refractivity (Wildman–Crippen MR) is 95.7 cm³/mol. The number of nitrogens with zero attached hydrogens (tertiary/aromatic N) is 3. The number of likely N-dealkylation sites (N-methyl/N-ethyl adjacent to an activating group) is 1. The fourth-order valence-electron chi connectivity index (χ4n) is 3.92. The van der Waals surface area contributed by atoms with E-state index in [1.54, 1.807) is 11.0 Å². The topological polar surface area (TPSA) is 60.2 Å². The molecule has 6 heteroatoms. The van der Waals surface area contributed by atoms with Gasteiger partial charge in [-0.25, -0.2) is 0 Å². The molecule has 0 radical (unpaired) electrons. The van der Waals surface area contributed by atoms with E-state index in [2.05, 4.69) is 16.8 Å². The lowest BCUT2D eigenvalue weighted by molar-refractivity contribution is 0.0512. The van der Waals surface area contributed by atoms with Crippen molar-refractivity contribution in [1.82, 2.24) is 14.7 Å². The fraction of sp³-hybridized carbons (Fsp3) is 0.526. The highest BCUT2D eigenvalue weighted by molar-refractivity contribution is 5.96. The van der Waals surface area contributed by atoms with Gasteiger partial charge in [0.25, 0.3) is 5.91 Å². The van der Waals surface area contributed by atoms with Crippen LogP contribution in [0.5, 0.6) is 0 Å². The van der Waals surface area contributed by atoms with Gasteiger partial charge in [-0.2, -0.15) is 0 Å². The Balaban J connectivity index is 1.50. The van der Waals surface area contributed by atoms with Gasteiger partial charge in [-0.3, -0.25) is 9.69 Å². The Morgan fingerprint density at radius 2 is 1.96 bits per heavy atom. The van der Waals surface area contributed by atoms with Gasteiger partial charge in [0.05, 0.1) is 12.1 Å². The maximum atomic E-state index is 12.8. The van der Waals surface area contributed by atoms with Crippen LogP contribution in [0.3, 0.4) is 0 Å². The molecular weight excluding hydrogens is 318 g/mol. The molecule has 6 nitrogen and oxygen atoms in total. The Kier molecular flexibility index (Phi) is 4.27. The van der Waals surface area contributed by atoms with Crippen LogP contribution in [0.4, 0.5) is 0 Å². The number of β-amino-alcohol motifs (C(OH)–C–C–N with tert-alkyl or cyclic N) is 1. The van der Waals surface area contributed by atoms with Crippen molar-refractivity contribution in [1.29, 1.82) is 0 Å². The van der Waals surface area contributed by atoms with Crippen molar-refractivity contribution in [2.75, 3.05) is 46.3 Å². The molecular formula is C19H25N3O3. The number of rotatable bonds is 2. The number of aliphatic hydroxyl groups is 1. The molecule has 2 aliphatic heterocycles. The Morgan fingerprint density at radius 3 is 2.68 bits per heavy atom. The smallest absolute Gasteiger partial charge is 0.289 e. The Morgan fingerprint density at radius 1 is 1.20 bits per heavy atom. The van der Waals surface area contributed by atoms with Gasteiger partial charge in [0.2, 0.25) is 0 Å². The third-order valence-electron chi connectivity index (χ3n) is 5.50. The van der Waals surface area contributed by atoms with E-state index in [0.717, 1.165) is 42.7 Å². The first-order chi connectivity index (χ1) is 12.0. The molecule has 0 bridgehead atoms. The molecule has 2 aromatic rings. The minimum atomic E-state index is -0.501. The number of piperazine rings is 1. The second kappa shape index (κ2) is 6.44. The summed E-state index contributed by atoms with van der Waals surface area (Å²) in [6.45, 7) is 6.77. The highest BCUT2D eigenvalue weighted by Gasteiger charge is 2.39. The predicted octanol–water partition coefficient (Wildman–Crippen LogP) is 1.17. The van der Waals surface area contributed by atoms with Crippen molar-refractivity contribution in [3.8, 4) is 0 Å². The average Bonchev–Trinajstić information content (AvgIpc) is 3.20. The second-order valence-corrected chi connectivity index (χ2v) is 7.29. The van der Waals surface area contributed by atoms with Crippen LogP contribution < -0.4 is 0 Å². The monoisotopic (exact) mass is 343 g/mol. The number of hydrogen-bond acceptors (Lipinski definition) is 5. The highest BCUT2D eigenvalue weighted by atomic mass is 16.3. The number of furan rings is 1. The first-order valence-corrected chi connectivity index (χ1v) is 8.92. The number of para-hydroxylation sites is 1. The van der Waals surface area contributed by atoms with Crippen molar-refractivity contribution in [3.63, 3.8) is 0 Å². The zero-order valence-electron chi connectivity index (χ0n) is 14.8. The largest absolute Gasteiger partial charge is 0.451 e. The van der Waals surface area contributed by atoms with E-state index in [-0.39, 0.29) is 11.9 Å². The number of amides is 1. The number of carbonyl (C=O) groups is 1. The van der Waals surface area contributed by atoms with Crippen molar-refractivity contribution < 1.29 is 14.3 Å². The minimum absolute atomic E-state index is 0.0174. The zero-order chi connectivity index (χ0) is 17.6. The number of likely N-dealkylation sites (tertiary alicyclic amines) is 1. The maximum absolute atomic E-state index is 12.8. The van der Waals surface area contributed by atoms with Crippen molar-refractivity contribution in [2.24, 2.45) is 0 Å². The van der Waals surface area contributed by atoms with Gasteiger partial charge in [0.1, 0.15) is 5.58 Å². The third kappa shape index (κ3) is 3.05. The number of aliphatic hydroxyl groups excluding tert-OH is 1. The van der Waals surface area contributed by atoms with E-state index in [9.17, 15) is 9.90 Å². The summed E-state index contributed by atoms with van der Waals surface area (Å²) in [5.41, 5.74) is 1.79. The number of fused-ring (bicyclic) bond motifs is 1. The molecule has 2 aliphatic rings. The van der Waals surface area contributed by atoms with Crippen LogP contribution in [0.15, 0.2) is 28.7 Å². The molecule has 3 heterocycles. The molecule has 0 saturated carbocycles. The lowest BCUT2D eigenvalue weighted by atomic mass is 10.1. The van der Waals surface area contributed by atoms with Crippen LogP contribution in [0.2, 0.25) is 0 Å². The Labute approximate surface area is 147 Å². The molecule has 1 aromatic heterocycles. The summed E-state index contributed by atoms with van der Waals surface area (Å²) in [4.78, 5) is 19.2. The molecule has 2 atom stereocenters. The summed E-state index contributed by atoms with van der Waals surface area (Å²) >= 11 is 0. The van der Waals surface area contributed by atoms with E-state index >= 15 is 0 Å². The van der Waals surface area contributed by atoms with Crippen LogP contribution in [-0.2, 0) is 0 Å². The normalized spacial score (nSPS) is 25.8. The van der Waals surface area contributed by atoms with Crippen LogP contribution >= 0.6 is 0 Å². The number of benzene rings is 1. The van der Waals surface area contributed by atoms with E-state index in [0.29, 0.717) is 18.8 Å². The first kappa shape index (κ1) is 16.6. The van der Waals surface area contributed by atoms with Crippen LogP contribution in [0.25, 0.3) is 11.0 Å². The number of hydrogen-bond donors (Lipinski definition) is 1. The lowest BCUT2D eigenvalue weighted by Gasteiger charge is -2.37. The Hall–Kier alpha value is -1.89.